The standard InChI is InChI=1S/C14H18N4OS2.C2H6/c1-10(19)17(2)13(20-3)12-15-16-14(21-4)18(12)11-8-6-5-7-9-11;1-2/h5-9,13H,1-4H3;1-2H3. The topological polar surface area (TPSA) is 51.0 Å². The van der Waals surface area contributed by atoms with Gasteiger partial charge < -0.3 is 4.90 Å². The average Bonchev–Trinajstić information content (AvgIpc) is 3.01. The summed E-state index contributed by atoms with van der Waals surface area (Å²) in [5.41, 5.74) is 0.998. The van der Waals surface area contributed by atoms with Crippen molar-refractivity contribution in [3.05, 3.63) is 36.2 Å². The number of carbonyl (C=O) groups excluding carboxylic acids is 1. The minimum absolute atomic E-state index is 0.00247. The highest BCUT2D eigenvalue weighted by Crippen LogP contribution is 2.32. The summed E-state index contributed by atoms with van der Waals surface area (Å²) in [6.07, 6.45) is 3.93. The van der Waals surface area contributed by atoms with E-state index in [1.54, 1.807) is 30.6 Å². The molecule has 0 aliphatic carbocycles. The number of nitrogens with zero attached hydrogens (tertiary/aromatic N) is 4. The fourth-order valence-corrected chi connectivity index (χ4v) is 3.33. The Hall–Kier alpha value is -1.47. The molecule has 0 aliphatic heterocycles. The molecule has 1 unspecified atom stereocenters. The highest BCUT2D eigenvalue weighted by atomic mass is 32.2. The van der Waals surface area contributed by atoms with E-state index < -0.39 is 0 Å². The number of thioether (sulfide) groups is 2. The molecule has 0 saturated heterocycles. The molecule has 0 aliphatic rings. The molecular formula is C16H24N4OS2. The Morgan fingerprint density at radius 1 is 1.17 bits per heavy atom. The van der Waals surface area contributed by atoms with Crippen molar-refractivity contribution in [1.29, 1.82) is 0 Å². The van der Waals surface area contributed by atoms with Gasteiger partial charge in [0.25, 0.3) is 0 Å². The summed E-state index contributed by atoms with van der Waals surface area (Å²) in [6.45, 7) is 5.56. The molecule has 1 aromatic carbocycles. The van der Waals surface area contributed by atoms with E-state index in [2.05, 4.69) is 10.2 Å². The summed E-state index contributed by atoms with van der Waals surface area (Å²) in [5, 5.41) is 9.20. The number of carbonyl (C=O) groups is 1. The Balaban J connectivity index is 0.00000127. The molecule has 0 spiro atoms. The van der Waals surface area contributed by atoms with E-state index in [1.165, 1.54) is 11.8 Å². The second-order valence-corrected chi connectivity index (χ2v) is 6.13. The number of rotatable bonds is 5. The summed E-state index contributed by atoms with van der Waals surface area (Å²) in [6, 6.07) is 9.95. The van der Waals surface area contributed by atoms with Crippen LogP contribution in [-0.4, -0.2) is 45.1 Å². The molecule has 0 N–H and O–H groups in total. The average molecular weight is 353 g/mol. The lowest BCUT2D eigenvalue weighted by Gasteiger charge is -2.25. The van der Waals surface area contributed by atoms with Crippen LogP contribution in [0.4, 0.5) is 0 Å². The molecule has 1 amide bonds. The van der Waals surface area contributed by atoms with Crippen LogP contribution in [0.2, 0.25) is 0 Å². The number of hydrogen-bond donors (Lipinski definition) is 0. The molecule has 2 rings (SSSR count). The SMILES string of the molecule is CC.CSc1nnc(C(SC)N(C)C(C)=O)n1-c1ccccc1. The first-order valence-electron chi connectivity index (χ1n) is 7.41. The summed E-state index contributed by atoms with van der Waals surface area (Å²) in [7, 11) is 1.78. The molecule has 0 fully saturated rings. The first-order chi connectivity index (χ1) is 11.1. The molecule has 0 saturated carbocycles. The van der Waals surface area contributed by atoms with Crippen LogP contribution in [0.3, 0.4) is 0 Å². The number of benzene rings is 1. The molecule has 2 aromatic rings. The predicted octanol–water partition coefficient (Wildman–Crippen LogP) is 3.86. The predicted molar refractivity (Wildman–Crippen MR) is 99.2 cm³/mol. The maximum atomic E-state index is 11.7. The van der Waals surface area contributed by atoms with Gasteiger partial charge in [0.2, 0.25) is 5.91 Å². The lowest BCUT2D eigenvalue weighted by Crippen LogP contribution is -2.29. The van der Waals surface area contributed by atoms with Crippen LogP contribution in [0.15, 0.2) is 35.5 Å². The molecule has 1 heterocycles. The van der Waals surface area contributed by atoms with E-state index in [1.807, 2.05) is 61.3 Å². The monoisotopic (exact) mass is 352 g/mol. The van der Waals surface area contributed by atoms with Crippen molar-refractivity contribution >= 4 is 29.4 Å². The third-order valence-electron chi connectivity index (χ3n) is 3.15. The zero-order valence-corrected chi connectivity index (χ0v) is 16.1. The van der Waals surface area contributed by atoms with Crippen molar-refractivity contribution in [2.24, 2.45) is 0 Å². The smallest absolute Gasteiger partial charge is 0.220 e. The highest BCUT2D eigenvalue weighted by molar-refractivity contribution is 7.99. The lowest BCUT2D eigenvalue weighted by atomic mass is 10.3. The molecule has 23 heavy (non-hydrogen) atoms. The third kappa shape index (κ3) is 4.51. The minimum atomic E-state index is -0.170. The molecule has 1 atom stereocenters. The van der Waals surface area contributed by atoms with Crippen molar-refractivity contribution in [1.82, 2.24) is 19.7 Å². The quantitative estimate of drug-likeness (QED) is 0.604. The summed E-state index contributed by atoms with van der Waals surface area (Å²) in [5.74, 6) is 0.762. The van der Waals surface area contributed by atoms with E-state index in [9.17, 15) is 4.79 Å². The van der Waals surface area contributed by atoms with Crippen molar-refractivity contribution < 1.29 is 4.79 Å². The number of aromatic nitrogens is 3. The zero-order valence-electron chi connectivity index (χ0n) is 14.5. The third-order valence-corrected chi connectivity index (χ3v) is 4.75. The maximum absolute atomic E-state index is 11.7. The molecule has 1 aromatic heterocycles. The molecule has 126 valence electrons. The largest absolute Gasteiger partial charge is 0.327 e. The van der Waals surface area contributed by atoms with Gasteiger partial charge >= 0.3 is 0 Å². The van der Waals surface area contributed by atoms with Crippen molar-refractivity contribution in [3.63, 3.8) is 0 Å². The lowest BCUT2D eigenvalue weighted by molar-refractivity contribution is -0.128. The molecule has 5 nitrogen and oxygen atoms in total. The first-order valence-corrected chi connectivity index (χ1v) is 9.92. The van der Waals surface area contributed by atoms with Gasteiger partial charge in [-0.25, -0.2) is 0 Å². The van der Waals surface area contributed by atoms with Gasteiger partial charge in [0.15, 0.2) is 11.0 Å². The van der Waals surface area contributed by atoms with Crippen LogP contribution >= 0.6 is 23.5 Å². The Morgan fingerprint density at radius 2 is 1.78 bits per heavy atom. The Morgan fingerprint density at radius 3 is 2.26 bits per heavy atom. The highest BCUT2D eigenvalue weighted by Gasteiger charge is 2.26. The van der Waals surface area contributed by atoms with Gasteiger partial charge in [-0.1, -0.05) is 43.8 Å². The Kier molecular flexibility index (Phi) is 8.19. The van der Waals surface area contributed by atoms with Crippen LogP contribution in [0.1, 0.15) is 32.0 Å². The maximum Gasteiger partial charge on any atom is 0.220 e. The van der Waals surface area contributed by atoms with E-state index in [-0.39, 0.29) is 11.3 Å². The van der Waals surface area contributed by atoms with Crippen molar-refractivity contribution in [2.75, 3.05) is 19.6 Å². The number of hydrogen-bond acceptors (Lipinski definition) is 5. The van der Waals surface area contributed by atoms with Crippen LogP contribution in [0, 0.1) is 0 Å². The molecule has 0 radical (unpaired) electrons. The van der Waals surface area contributed by atoms with Crippen molar-refractivity contribution in [3.8, 4) is 5.69 Å². The fourth-order valence-electron chi connectivity index (χ4n) is 2.00. The Labute approximate surface area is 146 Å². The van der Waals surface area contributed by atoms with Crippen LogP contribution < -0.4 is 0 Å². The van der Waals surface area contributed by atoms with Gasteiger partial charge in [-0.2, -0.15) is 0 Å². The van der Waals surface area contributed by atoms with E-state index in [4.69, 9.17) is 0 Å². The van der Waals surface area contributed by atoms with Gasteiger partial charge in [0.05, 0.1) is 0 Å². The number of para-hydroxylation sites is 1. The normalized spacial score (nSPS) is 11.4. The van der Waals surface area contributed by atoms with Gasteiger partial charge in [0, 0.05) is 19.7 Å². The summed E-state index contributed by atoms with van der Waals surface area (Å²) >= 11 is 3.10. The van der Waals surface area contributed by atoms with E-state index >= 15 is 0 Å². The second kappa shape index (κ2) is 9.62. The van der Waals surface area contributed by atoms with E-state index in [0.29, 0.717) is 0 Å². The fraction of sp³-hybridized carbons (Fsp3) is 0.438. The second-order valence-electron chi connectivity index (χ2n) is 4.43. The van der Waals surface area contributed by atoms with Gasteiger partial charge in [-0.15, -0.1) is 22.0 Å². The number of amides is 1. The summed E-state index contributed by atoms with van der Waals surface area (Å²) in [4.78, 5) is 13.4. The molecular weight excluding hydrogens is 328 g/mol. The minimum Gasteiger partial charge on any atom is -0.327 e. The summed E-state index contributed by atoms with van der Waals surface area (Å²) < 4.78 is 2.01. The Bertz CT molecular complexity index is 616. The zero-order chi connectivity index (χ0) is 17.4. The van der Waals surface area contributed by atoms with E-state index in [0.717, 1.165) is 16.7 Å². The van der Waals surface area contributed by atoms with Gasteiger partial charge in [-0.3, -0.25) is 9.36 Å². The van der Waals surface area contributed by atoms with Gasteiger partial charge in [0.1, 0.15) is 5.37 Å². The molecule has 0 bridgehead atoms. The first kappa shape index (κ1) is 19.6. The van der Waals surface area contributed by atoms with Gasteiger partial charge in [-0.05, 0) is 24.6 Å². The van der Waals surface area contributed by atoms with Crippen LogP contribution in [0.5, 0.6) is 0 Å². The van der Waals surface area contributed by atoms with Crippen LogP contribution in [0.25, 0.3) is 5.69 Å². The van der Waals surface area contributed by atoms with Crippen molar-refractivity contribution in [2.45, 2.75) is 31.3 Å². The van der Waals surface area contributed by atoms with Crippen LogP contribution in [-0.2, 0) is 4.79 Å². The molecule has 7 heteroatoms.